The van der Waals surface area contributed by atoms with Crippen molar-refractivity contribution in [3.05, 3.63) is 93.1 Å². The molecule has 0 aliphatic heterocycles. The van der Waals surface area contributed by atoms with Crippen LogP contribution in [0.2, 0.25) is 0 Å². The Balaban J connectivity index is 1.27. The standard InChI is InChI=1S/C24H17BrN2O4S/c25-23-19-5-2-1-4-17(19)9-12-20(23)30-15-22(28)27-26-14-16-7-10-18(11-8-16)31-24(29)21-6-3-13-32-21/h1-14H,15H2,(H,27,28)/b26-14+. The maximum atomic E-state index is 12.0. The molecule has 0 spiro atoms. The summed E-state index contributed by atoms with van der Waals surface area (Å²) in [5.74, 6) is 0.226. The Morgan fingerprint density at radius 3 is 2.59 bits per heavy atom. The minimum atomic E-state index is -0.397. The highest BCUT2D eigenvalue weighted by Crippen LogP contribution is 2.32. The normalized spacial score (nSPS) is 10.9. The third-order valence-corrected chi connectivity index (χ3v) is 6.07. The number of hydrogen-bond donors (Lipinski definition) is 1. The van der Waals surface area contributed by atoms with Crippen molar-refractivity contribution in [1.82, 2.24) is 5.43 Å². The van der Waals surface area contributed by atoms with Crippen LogP contribution in [0.15, 0.2) is 87.8 Å². The van der Waals surface area contributed by atoms with Crippen molar-refractivity contribution in [1.29, 1.82) is 0 Å². The Morgan fingerprint density at radius 1 is 1.00 bits per heavy atom. The number of fused-ring (bicyclic) bond motifs is 1. The molecule has 6 nitrogen and oxygen atoms in total. The molecule has 1 aromatic heterocycles. The molecule has 3 aromatic carbocycles. The highest BCUT2D eigenvalue weighted by Gasteiger charge is 2.10. The lowest BCUT2D eigenvalue weighted by Gasteiger charge is -2.09. The summed E-state index contributed by atoms with van der Waals surface area (Å²) in [5, 5.41) is 7.83. The van der Waals surface area contributed by atoms with E-state index in [1.807, 2.05) is 41.8 Å². The van der Waals surface area contributed by atoms with E-state index >= 15 is 0 Å². The summed E-state index contributed by atoms with van der Waals surface area (Å²) in [6.07, 6.45) is 1.49. The molecule has 1 amide bonds. The first kappa shape index (κ1) is 21.7. The van der Waals surface area contributed by atoms with Gasteiger partial charge in [-0.2, -0.15) is 5.10 Å². The van der Waals surface area contributed by atoms with Crippen LogP contribution in [0.1, 0.15) is 15.2 Å². The average molecular weight is 509 g/mol. The number of carbonyl (C=O) groups excluding carboxylic acids is 2. The second kappa shape index (κ2) is 10.2. The van der Waals surface area contributed by atoms with Crippen molar-refractivity contribution in [2.75, 3.05) is 6.61 Å². The van der Waals surface area contributed by atoms with Crippen LogP contribution < -0.4 is 14.9 Å². The average Bonchev–Trinajstić information content (AvgIpc) is 3.35. The molecule has 1 heterocycles. The van der Waals surface area contributed by atoms with E-state index in [2.05, 4.69) is 26.5 Å². The molecule has 160 valence electrons. The number of ether oxygens (including phenoxy) is 2. The quantitative estimate of drug-likeness (QED) is 0.156. The molecule has 0 saturated heterocycles. The molecule has 4 rings (SSSR count). The van der Waals surface area contributed by atoms with E-state index in [1.165, 1.54) is 17.6 Å². The summed E-state index contributed by atoms with van der Waals surface area (Å²) in [4.78, 5) is 24.5. The van der Waals surface area contributed by atoms with Crippen LogP contribution in [0.3, 0.4) is 0 Å². The van der Waals surface area contributed by atoms with E-state index < -0.39 is 5.97 Å². The Bertz CT molecular complexity index is 1270. The lowest BCUT2D eigenvalue weighted by Crippen LogP contribution is -2.24. The largest absolute Gasteiger partial charge is 0.483 e. The number of thiophene rings is 1. The molecule has 0 aliphatic carbocycles. The topological polar surface area (TPSA) is 77.0 Å². The molecule has 0 radical (unpaired) electrons. The number of benzene rings is 3. The minimum absolute atomic E-state index is 0.175. The highest BCUT2D eigenvalue weighted by atomic mass is 79.9. The van der Waals surface area contributed by atoms with E-state index in [4.69, 9.17) is 9.47 Å². The first-order valence-corrected chi connectivity index (χ1v) is 11.2. The van der Waals surface area contributed by atoms with Crippen molar-refractivity contribution >= 4 is 56.1 Å². The van der Waals surface area contributed by atoms with Gasteiger partial charge in [0, 0.05) is 0 Å². The second-order valence-electron chi connectivity index (χ2n) is 6.62. The smallest absolute Gasteiger partial charge is 0.353 e. The predicted octanol–water partition coefficient (Wildman–Crippen LogP) is 5.41. The SMILES string of the molecule is O=C(COc1ccc2ccccc2c1Br)N/N=C/c1ccc(OC(=O)c2cccs2)cc1. The van der Waals surface area contributed by atoms with Crippen molar-refractivity contribution in [3.8, 4) is 11.5 Å². The summed E-state index contributed by atoms with van der Waals surface area (Å²) in [5.41, 5.74) is 3.17. The van der Waals surface area contributed by atoms with E-state index in [0.29, 0.717) is 16.4 Å². The summed E-state index contributed by atoms with van der Waals surface area (Å²) in [7, 11) is 0. The van der Waals surface area contributed by atoms with Gasteiger partial charge in [0.25, 0.3) is 5.91 Å². The van der Waals surface area contributed by atoms with Crippen LogP contribution in [0.4, 0.5) is 0 Å². The van der Waals surface area contributed by atoms with Gasteiger partial charge < -0.3 is 9.47 Å². The van der Waals surface area contributed by atoms with Crippen LogP contribution in [-0.4, -0.2) is 24.7 Å². The molecule has 32 heavy (non-hydrogen) atoms. The third-order valence-electron chi connectivity index (χ3n) is 4.40. The minimum Gasteiger partial charge on any atom is -0.483 e. The molecular weight excluding hydrogens is 492 g/mol. The van der Waals surface area contributed by atoms with E-state index in [0.717, 1.165) is 20.8 Å². The Kier molecular flexibility index (Phi) is 6.94. The van der Waals surface area contributed by atoms with Crippen LogP contribution >= 0.6 is 27.3 Å². The van der Waals surface area contributed by atoms with Gasteiger partial charge in [-0.15, -0.1) is 11.3 Å². The van der Waals surface area contributed by atoms with Crippen molar-refractivity contribution in [3.63, 3.8) is 0 Å². The fourth-order valence-electron chi connectivity index (χ4n) is 2.85. The van der Waals surface area contributed by atoms with Gasteiger partial charge in [0.05, 0.1) is 10.7 Å². The number of hydrogen-bond acceptors (Lipinski definition) is 6. The molecule has 0 aliphatic rings. The lowest BCUT2D eigenvalue weighted by atomic mass is 10.1. The predicted molar refractivity (Wildman–Crippen MR) is 129 cm³/mol. The summed E-state index contributed by atoms with van der Waals surface area (Å²) in [6.45, 7) is -0.175. The van der Waals surface area contributed by atoms with E-state index in [9.17, 15) is 9.59 Å². The summed E-state index contributed by atoms with van der Waals surface area (Å²) in [6, 6.07) is 21.9. The molecule has 8 heteroatoms. The summed E-state index contributed by atoms with van der Waals surface area (Å²) >= 11 is 4.85. The van der Waals surface area contributed by atoms with Gasteiger partial charge in [0.2, 0.25) is 0 Å². The van der Waals surface area contributed by atoms with Gasteiger partial charge >= 0.3 is 5.97 Å². The molecule has 1 N–H and O–H groups in total. The van der Waals surface area contributed by atoms with E-state index in [-0.39, 0.29) is 12.5 Å². The fourth-order valence-corrected chi connectivity index (χ4v) is 4.06. The molecule has 0 atom stereocenters. The molecule has 4 aromatic rings. The number of nitrogens with one attached hydrogen (secondary N) is 1. The van der Waals surface area contributed by atoms with E-state index in [1.54, 1.807) is 36.4 Å². The number of rotatable bonds is 7. The van der Waals surface area contributed by atoms with Gasteiger partial charge in [-0.3, -0.25) is 4.79 Å². The molecule has 0 unspecified atom stereocenters. The van der Waals surface area contributed by atoms with Crippen molar-refractivity contribution in [2.24, 2.45) is 5.10 Å². The van der Waals surface area contributed by atoms with Crippen LogP contribution in [-0.2, 0) is 4.79 Å². The first-order chi connectivity index (χ1) is 15.6. The molecular formula is C24H17BrN2O4S. The number of carbonyl (C=O) groups is 2. The second-order valence-corrected chi connectivity index (χ2v) is 8.36. The zero-order valence-corrected chi connectivity index (χ0v) is 19.1. The number of hydrazone groups is 1. The highest BCUT2D eigenvalue weighted by molar-refractivity contribution is 9.10. The molecule has 0 fully saturated rings. The zero-order valence-electron chi connectivity index (χ0n) is 16.7. The summed E-state index contributed by atoms with van der Waals surface area (Å²) < 4.78 is 11.7. The Morgan fingerprint density at radius 2 is 1.81 bits per heavy atom. The third kappa shape index (κ3) is 5.40. The van der Waals surface area contributed by atoms with Gasteiger partial charge in [0.15, 0.2) is 6.61 Å². The number of amides is 1. The van der Waals surface area contributed by atoms with Crippen molar-refractivity contribution in [2.45, 2.75) is 0 Å². The number of nitrogens with zero attached hydrogens (tertiary/aromatic N) is 1. The zero-order chi connectivity index (χ0) is 22.3. The maximum absolute atomic E-state index is 12.0. The molecule has 0 saturated carbocycles. The lowest BCUT2D eigenvalue weighted by molar-refractivity contribution is -0.123. The fraction of sp³-hybridized carbons (Fsp3) is 0.0417. The van der Waals surface area contributed by atoms with Gasteiger partial charge in [-0.25, -0.2) is 10.2 Å². The van der Waals surface area contributed by atoms with Gasteiger partial charge in [-0.05, 0) is 74.0 Å². The number of halogens is 1. The van der Waals surface area contributed by atoms with Crippen LogP contribution in [0.25, 0.3) is 10.8 Å². The van der Waals surface area contributed by atoms with Gasteiger partial charge in [-0.1, -0.05) is 36.4 Å². The monoisotopic (exact) mass is 508 g/mol. The first-order valence-electron chi connectivity index (χ1n) is 9.58. The maximum Gasteiger partial charge on any atom is 0.353 e. The van der Waals surface area contributed by atoms with Crippen molar-refractivity contribution < 1.29 is 19.1 Å². The van der Waals surface area contributed by atoms with Gasteiger partial charge in [0.1, 0.15) is 16.4 Å². The Hall–Kier alpha value is -3.49. The van der Waals surface area contributed by atoms with Crippen LogP contribution in [0, 0.1) is 0 Å². The Labute approximate surface area is 196 Å². The molecule has 0 bridgehead atoms. The van der Waals surface area contributed by atoms with Crippen LogP contribution in [0.5, 0.6) is 11.5 Å². The number of esters is 1.